The molecule has 0 aromatic carbocycles. The molecule has 2 aliphatic rings. The van der Waals surface area contributed by atoms with Crippen LogP contribution >= 0.6 is 11.8 Å². The number of nitrogens with zero attached hydrogens (tertiary/aromatic N) is 1. The normalized spacial score (nSPS) is 31.2. The molecule has 0 bridgehead atoms. The van der Waals surface area contributed by atoms with Gasteiger partial charge in [0.1, 0.15) is 0 Å². The van der Waals surface area contributed by atoms with Crippen LogP contribution in [0, 0.1) is 22.7 Å². The minimum atomic E-state index is -0.0103. The average Bonchev–Trinajstić information content (AvgIpc) is 2.72. The smallest absolute Gasteiger partial charge is 0.0690 e. The third-order valence-corrected chi connectivity index (χ3v) is 4.38. The molecular formula is C11H17NOS. The Balaban J connectivity index is 1.93. The molecule has 0 amide bonds. The van der Waals surface area contributed by atoms with E-state index in [0.29, 0.717) is 5.92 Å². The summed E-state index contributed by atoms with van der Waals surface area (Å²) in [7, 11) is 0. The fourth-order valence-corrected chi connectivity index (χ4v) is 3.69. The van der Waals surface area contributed by atoms with E-state index < -0.39 is 0 Å². The maximum absolute atomic E-state index is 9.30. The van der Waals surface area contributed by atoms with E-state index in [1.54, 1.807) is 0 Å². The van der Waals surface area contributed by atoms with Crippen LogP contribution in [-0.2, 0) is 4.74 Å². The molecular weight excluding hydrogens is 194 g/mol. The number of rotatable bonds is 2. The van der Waals surface area contributed by atoms with Gasteiger partial charge >= 0.3 is 0 Å². The number of thioether (sulfide) groups is 1. The largest absolute Gasteiger partial charge is 0.381 e. The Morgan fingerprint density at radius 2 is 2.21 bits per heavy atom. The summed E-state index contributed by atoms with van der Waals surface area (Å²) in [5, 5.41) is 9.30. The Hall–Kier alpha value is -0.200. The molecule has 2 saturated heterocycles. The van der Waals surface area contributed by atoms with Crippen LogP contribution in [0.5, 0.6) is 0 Å². The maximum atomic E-state index is 9.30. The van der Waals surface area contributed by atoms with E-state index in [0.717, 1.165) is 38.9 Å². The topological polar surface area (TPSA) is 33.0 Å². The second-order valence-electron chi connectivity index (χ2n) is 4.44. The van der Waals surface area contributed by atoms with Gasteiger partial charge in [-0.25, -0.2) is 0 Å². The van der Waals surface area contributed by atoms with Crippen molar-refractivity contribution in [3.8, 4) is 6.07 Å². The van der Waals surface area contributed by atoms with E-state index in [4.69, 9.17) is 4.74 Å². The van der Waals surface area contributed by atoms with E-state index in [2.05, 4.69) is 6.07 Å². The van der Waals surface area contributed by atoms with Gasteiger partial charge in [0.15, 0.2) is 0 Å². The minimum Gasteiger partial charge on any atom is -0.381 e. The van der Waals surface area contributed by atoms with Crippen molar-refractivity contribution in [2.75, 3.05) is 24.7 Å². The maximum Gasteiger partial charge on any atom is 0.0690 e. The fourth-order valence-electron chi connectivity index (χ4n) is 2.42. The molecule has 1 unspecified atom stereocenters. The van der Waals surface area contributed by atoms with Crippen molar-refractivity contribution in [1.29, 1.82) is 5.26 Å². The third kappa shape index (κ3) is 2.24. The Labute approximate surface area is 90.0 Å². The predicted octanol–water partition coefficient (Wildman–Crippen LogP) is 2.45. The van der Waals surface area contributed by atoms with Crippen LogP contribution in [0.2, 0.25) is 0 Å². The van der Waals surface area contributed by atoms with Crippen molar-refractivity contribution >= 4 is 11.8 Å². The van der Waals surface area contributed by atoms with Gasteiger partial charge in [-0.05, 0) is 43.1 Å². The zero-order valence-electron chi connectivity index (χ0n) is 8.50. The number of hydrogen-bond donors (Lipinski definition) is 0. The van der Waals surface area contributed by atoms with E-state index in [-0.39, 0.29) is 5.41 Å². The van der Waals surface area contributed by atoms with Crippen LogP contribution in [0.25, 0.3) is 0 Å². The molecule has 1 atom stereocenters. The zero-order valence-corrected chi connectivity index (χ0v) is 9.31. The lowest BCUT2D eigenvalue weighted by Crippen LogP contribution is -2.27. The van der Waals surface area contributed by atoms with Crippen LogP contribution in [0.3, 0.4) is 0 Å². The molecule has 0 saturated carbocycles. The summed E-state index contributed by atoms with van der Waals surface area (Å²) >= 11 is 1.99. The first-order valence-electron chi connectivity index (χ1n) is 5.41. The van der Waals surface area contributed by atoms with Crippen molar-refractivity contribution < 1.29 is 4.74 Å². The molecule has 2 fully saturated rings. The molecule has 0 aromatic heterocycles. The standard InChI is InChI=1S/C11H17NOS/c12-9-11(2-5-14-6-3-11)7-10-1-4-13-8-10/h10H,1-8H2. The van der Waals surface area contributed by atoms with Crippen molar-refractivity contribution in [3.63, 3.8) is 0 Å². The Morgan fingerprint density at radius 3 is 2.79 bits per heavy atom. The van der Waals surface area contributed by atoms with Gasteiger partial charge in [-0.1, -0.05) is 0 Å². The molecule has 14 heavy (non-hydrogen) atoms. The zero-order chi connectivity index (χ0) is 9.86. The molecule has 2 aliphatic heterocycles. The highest BCUT2D eigenvalue weighted by Gasteiger charge is 2.35. The summed E-state index contributed by atoms with van der Waals surface area (Å²) in [4.78, 5) is 0. The van der Waals surface area contributed by atoms with Gasteiger partial charge in [0.25, 0.3) is 0 Å². The number of hydrogen-bond acceptors (Lipinski definition) is 3. The number of nitriles is 1. The Bertz CT molecular complexity index is 224. The Kier molecular flexibility index (Phi) is 3.35. The molecule has 0 spiro atoms. The lowest BCUT2D eigenvalue weighted by molar-refractivity contribution is 0.171. The molecule has 0 aromatic rings. The predicted molar refractivity (Wildman–Crippen MR) is 58.1 cm³/mol. The van der Waals surface area contributed by atoms with Crippen molar-refractivity contribution in [1.82, 2.24) is 0 Å². The lowest BCUT2D eigenvalue weighted by atomic mass is 9.76. The van der Waals surface area contributed by atoms with Gasteiger partial charge in [-0.3, -0.25) is 0 Å². The van der Waals surface area contributed by atoms with Crippen molar-refractivity contribution in [3.05, 3.63) is 0 Å². The lowest BCUT2D eigenvalue weighted by Gasteiger charge is -2.32. The summed E-state index contributed by atoms with van der Waals surface area (Å²) in [5.41, 5.74) is -0.0103. The molecule has 2 nitrogen and oxygen atoms in total. The van der Waals surface area contributed by atoms with Crippen molar-refractivity contribution in [2.24, 2.45) is 11.3 Å². The summed E-state index contributed by atoms with van der Waals surface area (Å²) in [6, 6.07) is 2.58. The van der Waals surface area contributed by atoms with E-state index >= 15 is 0 Å². The van der Waals surface area contributed by atoms with Gasteiger partial charge in [-0.15, -0.1) is 0 Å². The summed E-state index contributed by atoms with van der Waals surface area (Å²) < 4.78 is 5.37. The quantitative estimate of drug-likeness (QED) is 0.703. The van der Waals surface area contributed by atoms with Crippen molar-refractivity contribution in [2.45, 2.75) is 25.7 Å². The highest BCUT2D eigenvalue weighted by Crippen LogP contribution is 2.41. The third-order valence-electron chi connectivity index (χ3n) is 3.39. The van der Waals surface area contributed by atoms with E-state index in [1.165, 1.54) is 11.5 Å². The van der Waals surface area contributed by atoms with E-state index in [1.807, 2.05) is 11.8 Å². The van der Waals surface area contributed by atoms with E-state index in [9.17, 15) is 5.26 Å². The SMILES string of the molecule is N#CC1(CC2CCOC2)CCSCC1. The van der Waals surface area contributed by atoms with Crippen LogP contribution in [0.15, 0.2) is 0 Å². The highest BCUT2D eigenvalue weighted by atomic mass is 32.2. The van der Waals surface area contributed by atoms with Gasteiger partial charge in [0.05, 0.1) is 11.5 Å². The summed E-state index contributed by atoms with van der Waals surface area (Å²) in [5.74, 6) is 2.99. The van der Waals surface area contributed by atoms with Crippen LogP contribution < -0.4 is 0 Å². The number of ether oxygens (including phenoxy) is 1. The van der Waals surface area contributed by atoms with Crippen LogP contribution in [-0.4, -0.2) is 24.7 Å². The molecule has 3 heteroatoms. The first-order valence-corrected chi connectivity index (χ1v) is 6.57. The molecule has 2 rings (SSSR count). The van der Waals surface area contributed by atoms with Gasteiger partial charge in [0, 0.05) is 13.2 Å². The monoisotopic (exact) mass is 211 g/mol. The fraction of sp³-hybridized carbons (Fsp3) is 0.909. The highest BCUT2D eigenvalue weighted by molar-refractivity contribution is 7.99. The second kappa shape index (κ2) is 4.55. The molecule has 0 aliphatic carbocycles. The summed E-state index contributed by atoms with van der Waals surface area (Å²) in [6.07, 6.45) is 4.41. The van der Waals surface area contributed by atoms with Gasteiger partial charge in [-0.2, -0.15) is 17.0 Å². The molecule has 2 heterocycles. The minimum absolute atomic E-state index is 0.0103. The van der Waals surface area contributed by atoms with Crippen LogP contribution in [0.1, 0.15) is 25.7 Å². The summed E-state index contributed by atoms with van der Waals surface area (Å²) in [6.45, 7) is 1.79. The molecule has 78 valence electrons. The first-order chi connectivity index (χ1) is 6.85. The average molecular weight is 211 g/mol. The second-order valence-corrected chi connectivity index (χ2v) is 5.66. The van der Waals surface area contributed by atoms with Gasteiger partial charge in [0.2, 0.25) is 0 Å². The first kappa shape index (κ1) is 10.3. The Morgan fingerprint density at radius 1 is 1.43 bits per heavy atom. The van der Waals surface area contributed by atoms with Crippen LogP contribution in [0.4, 0.5) is 0 Å². The molecule has 0 radical (unpaired) electrons. The van der Waals surface area contributed by atoms with Gasteiger partial charge < -0.3 is 4.74 Å². The molecule has 0 N–H and O–H groups in total.